The Balaban J connectivity index is 2.77. The van der Waals surface area contributed by atoms with Crippen molar-refractivity contribution < 1.29 is 0 Å². The lowest BCUT2D eigenvalue weighted by Crippen LogP contribution is -1.90. The van der Waals surface area contributed by atoms with E-state index in [0.717, 1.165) is 5.52 Å². The first kappa shape index (κ1) is 8.72. The molecule has 5 heteroatoms. The monoisotopic (exact) mass is 211 g/mol. The van der Waals surface area contributed by atoms with Crippen molar-refractivity contribution in [3.8, 4) is 0 Å². The van der Waals surface area contributed by atoms with Gasteiger partial charge in [-0.05, 0) is 18.4 Å². The molecule has 0 aliphatic rings. The molecule has 0 atom stereocenters. The van der Waals surface area contributed by atoms with Gasteiger partial charge in [-0.3, -0.25) is 4.98 Å². The molecular weight excluding hydrogens is 206 g/mol. The van der Waals surface area contributed by atoms with Crippen LogP contribution in [-0.4, -0.2) is 21.2 Å². The quantitative estimate of drug-likeness (QED) is 0.413. The standard InChI is InChI=1S/C8H6ClN3S/c1-13-8-11-5-3-2-4-10-6(5)7(9)12-8/h2-4H,1H3. The lowest BCUT2D eigenvalue weighted by molar-refractivity contribution is 1.00. The zero-order valence-electron chi connectivity index (χ0n) is 6.86. The molecule has 0 bridgehead atoms. The molecule has 0 aliphatic carbocycles. The van der Waals surface area contributed by atoms with Gasteiger partial charge in [-0.2, -0.15) is 0 Å². The maximum atomic E-state index is 5.91. The summed E-state index contributed by atoms with van der Waals surface area (Å²) in [6.07, 6.45) is 3.59. The summed E-state index contributed by atoms with van der Waals surface area (Å²) in [7, 11) is 0. The summed E-state index contributed by atoms with van der Waals surface area (Å²) in [5, 5.41) is 1.08. The van der Waals surface area contributed by atoms with Crippen molar-refractivity contribution in [3.05, 3.63) is 23.5 Å². The van der Waals surface area contributed by atoms with Gasteiger partial charge < -0.3 is 0 Å². The minimum Gasteiger partial charge on any atom is -0.251 e. The van der Waals surface area contributed by atoms with Crippen LogP contribution in [-0.2, 0) is 0 Å². The third-order valence-corrected chi connectivity index (χ3v) is 2.39. The normalized spacial score (nSPS) is 10.6. The van der Waals surface area contributed by atoms with Gasteiger partial charge in [0, 0.05) is 6.20 Å². The van der Waals surface area contributed by atoms with Gasteiger partial charge in [-0.15, -0.1) is 0 Å². The van der Waals surface area contributed by atoms with Gasteiger partial charge in [0.15, 0.2) is 10.3 Å². The van der Waals surface area contributed by atoms with Crippen LogP contribution >= 0.6 is 23.4 Å². The van der Waals surface area contributed by atoms with E-state index in [-0.39, 0.29) is 0 Å². The first-order valence-electron chi connectivity index (χ1n) is 3.63. The number of pyridine rings is 1. The number of thioether (sulfide) groups is 1. The van der Waals surface area contributed by atoms with Crippen molar-refractivity contribution in [1.82, 2.24) is 15.0 Å². The van der Waals surface area contributed by atoms with Crippen LogP contribution in [0.5, 0.6) is 0 Å². The smallest absolute Gasteiger partial charge is 0.189 e. The predicted octanol–water partition coefficient (Wildman–Crippen LogP) is 2.40. The van der Waals surface area contributed by atoms with Crippen molar-refractivity contribution >= 4 is 34.4 Å². The van der Waals surface area contributed by atoms with Gasteiger partial charge in [0.1, 0.15) is 5.52 Å². The molecule has 3 nitrogen and oxygen atoms in total. The summed E-state index contributed by atoms with van der Waals surface area (Å²) in [5.41, 5.74) is 1.44. The Kier molecular flexibility index (Phi) is 2.33. The molecule has 0 amide bonds. The Labute approximate surface area is 84.6 Å². The number of fused-ring (bicyclic) bond motifs is 1. The van der Waals surface area contributed by atoms with Crippen LogP contribution in [0.15, 0.2) is 23.5 Å². The number of hydrogen-bond acceptors (Lipinski definition) is 4. The fourth-order valence-corrected chi connectivity index (χ4v) is 1.65. The SMILES string of the molecule is CSc1nc(Cl)c2ncccc2n1. The van der Waals surface area contributed by atoms with Crippen molar-refractivity contribution in [2.45, 2.75) is 5.16 Å². The van der Waals surface area contributed by atoms with E-state index >= 15 is 0 Å². The Morgan fingerprint density at radius 3 is 3.00 bits per heavy atom. The fraction of sp³-hybridized carbons (Fsp3) is 0.125. The molecule has 66 valence electrons. The van der Waals surface area contributed by atoms with Gasteiger partial charge in [-0.1, -0.05) is 23.4 Å². The summed E-state index contributed by atoms with van der Waals surface area (Å²) in [4.78, 5) is 12.4. The average Bonchev–Trinajstić information content (AvgIpc) is 2.18. The van der Waals surface area contributed by atoms with Crippen LogP contribution in [0.3, 0.4) is 0 Å². The maximum absolute atomic E-state index is 5.91. The molecular formula is C8H6ClN3S. The van der Waals surface area contributed by atoms with E-state index in [1.165, 1.54) is 11.8 Å². The fourth-order valence-electron chi connectivity index (χ4n) is 1.00. The zero-order valence-corrected chi connectivity index (χ0v) is 8.43. The highest BCUT2D eigenvalue weighted by Crippen LogP contribution is 2.20. The second-order valence-electron chi connectivity index (χ2n) is 2.37. The van der Waals surface area contributed by atoms with E-state index in [0.29, 0.717) is 15.8 Å². The highest BCUT2D eigenvalue weighted by molar-refractivity contribution is 7.98. The minimum absolute atomic E-state index is 0.412. The molecule has 0 unspecified atom stereocenters. The maximum Gasteiger partial charge on any atom is 0.189 e. The van der Waals surface area contributed by atoms with E-state index in [4.69, 9.17) is 11.6 Å². The first-order chi connectivity index (χ1) is 6.31. The van der Waals surface area contributed by atoms with E-state index in [9.17, 15) is 0 Å². The molecule has 0 aromatic carbocycles. The highest BCUT2D eigenvalue weighted by Gasteiger charge is 2.04. The summed E-state index contributed by atoms with van der Waals surface area (Å²) in [5.74, 6) is 0. The van der Waals surface area contributed by atoms with Crippen LogP contribution in [0.1, 0.15) is 0 Å². The van der Waals surface area contributed by atoms with Gasteiger partial charge >= 0.3 is 0 Å². The summed E-state index contributed by atoms with van der Waals surface area (Å²) in [6, 6.07) is 3.70. The predicted molar refractivity (Wildman–Crippen MR) is 54.1 cm³/mol. The molecule has 0 saturated heterocycles. The zero-order chi connectivity index (χ0) is 9.26. The topological polar surface area (TPSA) is 38.7 Å². The second-order valence-corrected chi connectivity index (χ2v) is 3.50. The molecule has 13 heavy (non-hydrogen) atoms. The molecule has 0 aliphatic heterocycles. The van der Waals surface area contributed by atoms with E-state index in [2.05, 4.69) is 15.0 Å². The van der Waals surface area contributed by atoms with Crippen LogP contribution < -0.4 is 0 Å². The summed E-state index contributed by atoms with van der Waals surface area (Å²) in [6.45, 7) is 0. The van der Waals surface area contributed by atoms with E-state index < -0.39 is 0 Å². The number of halogens is 1. The molecule has 2 aromatic heterocycles. The van der Waals surface area contributed by atoms with Crippen LogP contribution in [0, 0.1) is 0 Å². The number of nitrogens with zero attached hydrogens (tertiary/aromatic N) is 3. The molecule has 0 spiro atoms. The Hall–Kier alpha value is -0.870. The highest BCUT2D eigenvalue weighted by atomic mass is 35.5. The van der Waals surface area contributed by atoms with E-state index in [1.54, 1.807) is 6.20 Å². The average molecular weight is 212 g/mol. The van der Waals surface area contributed by atoms with E-state index in [1.807, 2.05) is 18.4 Å². The van der Waals surface area contributed by atoms with Gasteiger partial charge in [0.05, 0.1) is 5.52 Å². The third-order valence-electron chi connectivity index (χ3n) is 1.57. The Morgan fingerprint density at radius 2 is 2.23 bits per heavy atom. The van der Waals surface area contributed by atoms with Crippen molar-refractivity contribution in [2.24, 2.45) is 0 Å². The van der Waals surface area contributed by atoms with Crippen LogP contribution in [0.25, 0.3) is 11.0 Å². The summed E-state index contributed by atoms with van der Waals surface area (Å²) >= 11 is 7.38. The van der Waals surface area contributed by atoms with Gasteiger partial charge in [-0.25, -0.2) is 9.97 Å². The van der Waals surface area contributed by atoms with Crippen molar-refractivity contribution in [2.75, 3.05) is 6.26 Å². The largest absolute Gasteiger partial charge is 0.251 e. The first-order valence-corrected chi connectivity index (χ1v) is 5.24. The lowest BCUT2D eigenvalue weighted by atomic mass is 10.4. The Morgan fingerprint density at radius 1 is 1.38 bits per heavy atom. The lowest BCUT2D eigenvalue weighted by Gasteiger charge is -1.99. The van der Waals surface area contributed by atoms with Gasteiger partial charge in [0.25, 0.3) is 0 Å². The Bertz CT molecular complexity index is 446. The molecule has 0 fully saturated rings. The van der Waals surface area contributed by atoms with Crippen molar-refractivity contribution in [3.63, 3.8) is 0 Å². The summed E-state index contributed by atoms with van der Waals surface area (Å²) < 4.78 is 0. The van der Waals surface area contributed by atoms with Gasteiger partial charge in [0.2, 0.25) is 0 Å². The molecule has 2 rings (SSSR count). The molecule has 0 radical (unpaired) electrons. The second kappa shape index (κ2) is 3.47. The van der Waals surface area contributed by atoms with Crippen LogP contribution in [0.2, 0.25) is 5.15 Å². The molecule has 0 saturated carbocycles. The minimum atomic E-state index is 0.412. The number of rotatable bonds is 1. The third kappa shape index (κ3) is 1.59. The van der Waals surface area contributed by atoms with Crippen LogP contribution in [0.4, 0.5) is 0 Å². The number of hydrogen-bond donors (Lipinski definition) is 0. The molecule has 0 N–H and O–H groups in total. The molecule has 2 heterocycles. The van der Waals surface area contributed by atoms with Crippen molar-refractivity contribution in [1.29, 1.82) is 0 Å². The molecule has 2 aromatic rings. The number of aromatic nitrogens is 3.